The van der Waals surface area contributed by atoms with Crippen molar-refractivity contribution in [3.05, 3.63) is 35.9 Å². The second-order valence-corrected chi connectivity index (χ2v) is 5.15. The van der Waals surface area contributed by atoms with Crippen molar-refractivity contribution in [3.8, 4) is 0 Å². The first-order valence-corrected chi connectivity index (χ1v) is 6.65. The minimum atomic E-state index is -0.198. The van der Waals surface area contributed by atoms with Crippen LogP contribution in [0.5, 0.6) is 0 Å². The van der Waals surface area contributed by atoms with Crippen LogP contribution in [0.4, 0.5) is 4.39 Å². The molecule has 1 unspecified atom stereocenters. The number of likely N-dealkylation sites (tertiary alicyclic amines) is 1. The van der Waals surface area contributed by atoms with Crippen LogP contribution in [0.1, 0.15) is 31.7 Å². The highest BCUT2D eigenvalue weighted by molar-refractivity contribution is 5.14. The highest BCUT2D eigenvalue weighted by atomic mass is 19.1. The van der Waals surface area contributed by atoms with E-state index in [9.17, 15) is 4.39 Å². The molecule has 1 aliphatic heterocycles. The van der Waals surface area contributed by atoms with Gasteiger partial charge < -0.3 is 0 Å². The molecule has 1 aliphatic rings. The van der Waals surface area contributed by atoms with Crippen molar-refractivity contribution in [1.82, 2.24) is 4.90 Å². The molecular weight excluding hydrogens is 213 g/mol. The van der Waals surface area contributed by atoms with E-state index in [0.29, 0.717) is 6.04 Å². The number of hydrogen-bond acceptors (Lipinski definition) is 1. The number of alkyl halides is 1. The normalized spacial score (nSPS) is 23.5. The molecule has 0 amide bonds. The molecule has 2 rings (SSSR count). The molecule has 0 spiro atoms. The summed E-state index contributed by atoms with van der Waals surface area (Å²) >= 11 is 0. The highest BCUT2D eigenvalue weighted by Gasteiger charge is 2.26. The lowest BCUT2D eigenvalue weighted by atomic mass is 9.92. The van der Waals surface area contributed by atoms with E-state index in [2.05, 4.69) is 29.2 Å². The first-order chi connectivity index (χ1) is 8.31. The largest absolute Gasteiger partial charge is 0.296 e. The van der Waals surface area contributed by atoms with Gasteiger partial charge in [0.2, 0.25) is 0 Å². The van der Waals surface area contributed by atoms with Gasteiger partial charge in [-0.25, -0.2) is 0 Å². The maximum Gasteiger partial charge on any atom is 0.0934 e. The van der Waals surface area contributed by atoms with Gasteiger partial charge >= 0.3 is 0 Å². The predicted molar refractivity (Wildman–Crippen MR) is 69.6 cm³/mol. The van der Waals surface area contributed by atoms with E-state index in [0.717, 1.165) is 19.5 Å². The molecule has 0 saturated carbocycles. The third-order valence-electron chi connectivity index (χ3n) is 3.79. The second-order valence-electron chi connectivity index (χ2n) is 5.15. The Balaban J connectivity index is 2.01. The quantitative estimate of drug-likeness (QED) is 0.770. The zero-order valence-corrected chi connectivity index (χ0v) is 10.6. The fraction of sp³-hybridized carbons (Fsp3) is 0.600. The maximum absolute atomic E-state index is 12.9. The Hall–Kier alpha value is -0.890. The predicted octanol–water partition coefficient (Wildman–Crippen LogP) is 3.65. The van der Waals surface area contributed by atoms with Gasteiger partial charge in [0.15, 0.2) is 0 Å². The van der Waals surface area contributed by atoms with Gasteiger partial charge in [0, 0.05) is 12.6 Å². The molecular formula is C15H22FN. The molecule has 1 fully saturated rings. The van der Waals surface area contributed by atoms with Gasteiger partial charge in [0.25, 0.3) is 0 Å². The van der Waals surface area contributed by atoms with E-state index in [1.165, 1.54) is 18.4 Å². The fourth-order valence-electron chi connectivity index (χ4n) is 2.78. The molecule has 1 nitrogen and oxygen atoms in total. The maximum atomic E-state index is 12.9. The average molecular weight is 235 g/mol. The lowest BCUT2D eigenvalue weighted by molar-refractivity contribution is 0.0871. The minimum Gasteiger partial charge on any atom is -0.296 e. The summed E-state index contributed by atoms with van der Waals surface area (Å²) in [5.41, 5.74) is 1.34. The van der Waals surface area contributed by atoms with Crippen LogP contribution in [0, 0.1) is 5.92 Å². The van der Waals surface area contributed by atoms with Crippen LogP contribution in [0.25, 0.3) is 0 Å². The van der Waals surface area contributed by atoms with E-state index in [1.807, 2.05) is 13.0 Å². The van der Waals surface area contributed by atoms with E-state index < -0.39 is 0 Å². The molecule has 94 valence electrons. The molecule has 2 atom stereocenters. The number of benzene rings is 1. The van der Waals surface area contributed by atoms with Crippen molar-refractivity contribution in [2.75, 3.05) is 13.2 Å². The number of hydrogen-bond donors (Lipinski definition) is 0. The Morgan fingerprint density at radius 1 is 1.29 bits per heavy atom. The Bertz CT molecular complexity index is 325. The Labute approximate surface area is 104 Å². The van der Waals surface area contributed by atoms with Crippen molar-refractivity contribution in [3.63, 3.8) is 0 Å². The minimum absolute atomic E-state index is 0.166. The van der Waals surface area contributed by atoms with Crippen LogP contribution in [0.15, 0.2) is 30.3 Å². The van der Waals surface area contributed by atoms with Crippen LogP contribution in [0.3, 0.4) is 0 Å². The summed E-state index contributed by atoms with van der Waals surface area (Å²) in [6, 6.07) is 10.9. The monoisotopic (exact) mass is 235 g/mol. The number of halogens is 1. The van der Waals surface area contributed by atoms with E-state index >= 15 is 0 Å². The van der Waals surface area contributed by atoms with E-state index in [4.69, 9.17) is 0 Å². The Morgan fingerprint density at radius 2 is 2.06 bits per heavy atom. The van der Waals surface area contributed by atoms with Crippen molar-refractivity contribution >= 4 is 0 Å². The molecule has 0 aliphatic carbocycles. The first kappa shape index (κ1) is 12.6. The van der Waals surface area contributed by atoms with Crippen LogP contribution in [-0.4, -0.2) is 24.2 Å². The molecule has 1 aromatic rings. The Morgan fingerprint density at radius 3 is 2.76 bits per heavy atom. The van der Waals surface area contributed by atoms with Crippen LogP contribution in [-0.2, 0) is 6.54 Å². The summed E-state index contributed by atoms with van der Waals surface area (Å²) in [6.07, 6.45) is 3.65. The highest BCUT2D eigenvalue weighted by Crippen LogP contribution is 2.25. The summed E-state index contributed by atoms with van der Waals surface area (Å²) in [5, 5.41) is 0. The molecule has 1 heterocycles. The van der Waals surface area contributed by atoms with Crippen molar-refractivity contribution < 1.29 is 4.39 Å². The topological polar surface area (TPSA) is 3.24 Å². The van der Waals surface area contributed by atoms with Gasteiger partial charge in [-0.3, -0.25) is 9.29 Å². The number of nitrogens with zero attached hydrogens (tertiary/aromatic N) is 1. The molecule has 0 N–H and O–H groups in total. The molecule has 1 aromatic carbocycles. The lowest BCUT2D eigenvalue weighted by Crippen LogP contribution is -2.43. The summed E-state index contributed by atoms with van der Waals surface area (Å²) in [6.45, 7) is 3.92. The molecule has 0 bridgehead atoms. The number of rotatable bonds is 4. The Kier molecular flexibility index (Phi) is 4.55. The third kappa shape index (κ3) is 3.29. The van der Waals surface area contributed by atoms with Gasteiger partial charge in [-0.15, -0.1) is 0 Å². The van der Waals surface area contributed by atoms with E-state index in [-0.39, 0.29) is 12.6 Å². The van der Waals surface area contributed by atoms with Gasteiger partial charge in [-0.05, 0) is 30.9 Å². The molecule has 2 heteroatoms. The standard InChI is InChI=1S/C15H22FN/c1-13(11-16)15-9-5-6-10-17(15)12-14-7-3-2-4-8-14/h2-4,7-8,13,15H,5-6,9-12H2,1H3/t13-,15?/m0/s1. The summed E-state index contributed by atoms with van der Waals surface area (Å²) < 4.78 is 12.9. The molecule has 1 saturated heterocycles. The SMILES string of the molecule is C[C@@H](CF)C1CCCCN1Cc1ccccc1. The molecule has 17 heavy (non-hydrogen) atoms. The van der Waals surface area contributed by atoms with E-state index in [1.54, 1.807) is 0 Å². The smallest absolute Gasteiger partial charge is 0.0934 e. The zero-order chi connectivity index (χ0) is 12.1. The lowest BCUT2D eigenvalue weighted by Gasteiger charge is -2.38. The second kappa shape index (κ2) is 6.15. The van der Waals surface area contributed by atoms with Crippen LogP contribution >= 0.6 is 0 Å². The van der Waals surface area contributed by atoms with Crippen LogP contribution < -0.4 is 0 Å². The van der Waals surface area contributed by atoms with Crippen molar-refractivity contribution in [1.29, 1.82) is 0 Å². The fourth-order valence-corrected chi connectivity index (χ4v) is 2.78. The number of piperidine rings is 1. The third-order valence-corrected chi connectivity index (χ3v) is 3.79. The summed E-state index contributed by atoms with van der Waals surface area (Å²) in [5.74, 6) is 0.166. The van der Waals surface area contributed by atoms with Gasteiger partial charge in [0.1, 0.15) is 0 Å². The first-order valence-electron chi connectivity index (χ1n) is 6.65. The molecule has 0 radical (unpaired) electrons. The summed E-state index contributed by atoms with van der Waals surface area (Å²) in [4.78, 5) is 2.46. The van der Waals surface area contributed by atoms with Crippen molar-refractivity contribution in [2.45, 2.75) is 38.8 Å². The van der Waals surface area contributed by atoms with Crippen molar-refractivity contribution in [2.24, 2.45) is 5.92 Å². The van der Waals surface area contributed by atoms with Crippen LogP contribution in [0.2, 0.25) is 0 Å². The van der Waals surface area contributed by atoms with Gasteiger partial charge in [-0.1, -0.05) is 43.7 Å². The van der Waals surface area contributed by atoms with Gasteiger partial charge in [-0.2, -0.15) is 0 Å². The molecule has 0 aromatic heterocycles. The summed E-state index contributed by atoms with van der Waals surface area (Å²) in [7, 11) is 0. The average Bonchev–Trinajstić information content (AvgIpc) is 2.40. The van der Waals surface area contributed by atoms with Gasteiger partial charge in [0.05, 0.1) is 6.67 Å². The zero-order valence-electron chi connectivity index (χ0n) is 10.6.